The maximum atomic E-state index is 15.1. The summed E-state index contributed by atoms with van der Waals surface area (Å²) in [4.78, 5) is 10.6. The number of H-pyrrole nitrogens is 2. The first-order valence-corrected chi connectivity index (χ1v) is 15.0. The summed E-state index contributed by atoms with van der Waals surface area (Å²) in [5.41, 5.74) is 11.7. The molecule has 1 unspecified atom stereocenters. The highest BCUT2D eigenvalue weighted by molar-refractivity contribution is 7.99. The molecule has 0 saturated carbocycles. The highest BCUT2D eigenvalue weighted by Gasteiger charge is 2.22. The number of hydrogen-bond donors (Lipinski definition) is 5. The van der Waals surface area contributed by atoms with Crippen LogP contribution in [0.2, 0.25) is 0 Å². The van der Waals surface area contributed by atoms with Gasteiger partial charge in [0.1, 0.15) is 23.2 Å². The molecule has 5 aromatic rings. The van der Waals surface area contributed by atoms with Crippen LogP contribution in [0.1, 0.15) is 42.5 Å². The average Bonchev–Trinajstić information content (AvgIpc) is 3.68. The van der Waals surface area contributed by atoms with Crippen LogP contribution < -0.4 is 21.7 Å². The van der Waals surface area contributed by atoms with E-state index >= 15 is 8.78 Å². The predicted octanol–water partition coefficient (Wildman–Crippen LogP) is 7.24. The van der Waals surface area contributed by atoms with Crippen LogP contribution in [0.3, 0.4) is 0 Å². The minimum absolute atomic E-state index is 0.0176. The van der Waals surface area contributed by atoms with Gasteiger partial charge >= 0.3 is 0 Å². The summed E-state index contributed by atoms with van der Waals surface area (Å²) in [5, 5.41) is 0.745. The zero-order chi connectivity index (χ0) is 30.3. The van der Waals surface area contributed by atoms with Gasteiger partial charge in [-0.15, -0.1) is 0 Å². The first-order chi connectivity index (χ1) is 20.9. The molecule has 1 atom stereocenters. The number of nitrogens with zero attached hydrogens (tertiary/aromatic N) is 1. The fraction of sp³-hybridized carbons (Fsp3) is 0.219. The summed E-state index contributed by atoms with van der Waals surface area (Å²) >= 11 is 1.74. The van der Waals surface area contributed by atoms with Gasteiger partial charge in [0.2, 0.25) is 0 Å². The van der Waals surface area contributed by atoms with Gasteiger partial charge in [-0.05, 0) is 67.2 Å². The summed E-state index contributed by atoms with van der Waals surface area (Å²) in [6.07, 6.45) is 6.61. The van der Waals surface area contributed by atoms with Gasteiger partial charge in [-0.1, -0.05) is 24.3 Å². The van der Waals surface area contributed by atoms with Gasteiger partial charge in [-0.2, -0.15) is 11.8 Å². The van der Waals surface area contributed by atoms with Crippen LogP contribution in [0.4, 0.5) is 13.2 Å². The number of halogens is 3. The number of nitrogens with two attached hydrogens (primary N) is 2. The van der Waals surface area contributed by atoms with Gasteiger partial charge in [0.05, 0.1) is 5.56 Å². The molecule has 0 amide bonds. The Labute approximate surface area is 251 Å². The van der Waals surface area contributed by atoms with Crippen LogP contribution in [-0.2, 0) is 6.54 Å². The smallest absolute Gasteiger partial charge is 0.168 e. The summed E-state index contributed by atoms with van der Waals surface area (Å²) in [6, 6.07) is 13.9. The molecule has 0 bridgehead atoms. The standard InChI is InChI=1S/C32H33F3N6OS/c1-2-19(36)10-13-43-14-11-23(21-5-3-4-6-26(21)33)30-18-39-32(41-30)24-15-20(7-8-27(24)34)42-31-25(17-40-37)22-9-12-38-29(22)16-28(31)35/h2-9,12,15-16,18,23,38,40H,10-11,13-14,17,36-37H2,1H3,(H,39,41)/b19-2-. The molecule has 0 aliphatic rings. The largest absolute Gasteiger partial charge is 0.454 e. The Kier molecular flexibility index (Phi) is 9.75. The number of thioether (sulfide) groups is 1. The van der Waals surface area contributed by atoms with Crippen molar-refractivity contribution < 1.29 is 17.9 Å². The normalized spacial score (nSPS) is 12.6. The molecule has 7 nitrogen and oxygen atoms in total. The number of fused-ring (bicyclic) bond motifs is 1. The molecule has 11 heteroatoms. The summed E-state index contributed by atoms with van der Waals surface area (Å²) < 4.78 is 51.1. The van der Waals surface area contributed by atoms with Gasteiger partial charge in [0.25, 0.3) is 0 Å². The molecule has 0 spiro atoms. The molecule has 2 heterocycles. The van der Waals surface area contributed by atoms with Crippen molar-refractivity contribution in [1.82, 2.24) is 20.4 Å². The first-order valence-electron chi connectivity index (χ1n) is 13.9. The van der Waals surface area contributed by atoms with Gasteiger partial charge < -0.3 is 20.4 Å². The molecular formula is C32H33F3N6OS. The SMILES string of the molecule is C/C=C(\N)CCSCCC(c1cnc(-c2cc(Oc3c(F)cc4[nH]ccc4c3CNN)ccc2F)[nH]1)c1ccccc1F. The highest BCUT2D eigenvalue weighted by atomic mass is 32.2. The number of allylic oxidation sites excluding steroid dienone is 2. The monoisotopic (exact) mass is 606 g/mol. The number of ether oxygens (including phenoxy) is 1. The molecule has 7 N–H and O–H groups in total. The summed E-state index contributed by atoms with van der Waals surface area (Å²) in [6.45, 7) is 2.06. The number of hydrogen-bond acceptors (Lipinski definition) is 6. The van der Waals surface area contributed by atoms with E-state index in [1.165, 1.54) is 30.3 Å². The third-order valence-electron chi connectivity index (χ3n) is 7.27. The van der Waals surface area contributed by atoms with Crippen molar-refractivity contribution in [2.75, 3.05) is 11.5 Å². The lowest BCUT2D eigenvalue weighted by molar-refractivity contribution is 0.434. The second-order valence-corrected chi connectivity index (χ2v) is 11.2. The number of nitrogens with one attached hydrogen (secondary N) is 3. The van der Waals surface area contributed by atoms with E-state index in [0.717, 1.165) is 29.0 Å². The lowest BCUT2D eigenvalue weighted by Gasteiger charge is -2.17. The molecule has 3 aromatic carbocycles. The minimum Gasteiger partial charge on any atom is -0.454 e. The van der Waals surface area contributed by atoms with Crippen LogP contribution in [0.15, 0.2) is 78.8 Å². The van der Waals surface area contributed by atoms with Crippen molar-refractivity contribution in [2.45, 2.75) is 32.2 Å². The van der Waals surface area contributed by atoms with Gasteiger partial charge in [-0.25, -0.2) is 18.2 Å². The van der Waals surface area contributed by atoms with E-state index in [1.807, 2.05) is 13.0 Å². The van der Waals surface area contributed by atoms with Gasteiger partial charge in [0, 0.05) is 58.8 Å². The molecule has 224 valence electrons. The van der Waals surface area contributed by atoms with Crippen molar-refractivity contribution >= 4 is 22.7 Å². The minimum atomic E-state index is -0.592. The van der Waals surface area contributed by atoms with E-state index in [0.29, 0.717) is 28.8 Å². The second kappa shape index (κ2) is 13.9. The second-order valence-electron chi connectivity index (χ2n) is 10.0. The number of imidazole rings is 1. The molecule has 5 rings (SSSR count). The van der Waals surface area contributed by atoms with Crippen LogP contribution in [0.25, 0.3) is 22.3 Å². The fourth-order valence-electron chi connectivity index (χ4n) is 5.00. The lowest BCUT2D eigenvalue weighted by atomic mass is 9.93. The van der Waals surface area contributed by atoms with Gasteiger partial charge in [-0.3, -0.25) is 11.3 Å². The zero-order valence-electron chi connectivity index (χ0n) is 23.6. The maximum Gasteiger partial charge on any atom is 0.168 e. The number of benzene rings is 3. The van der Waals surface area contributed by atoms with Crippen LogP contribution >= 0.6 is 11.8 Å². The third-order valence-corrected chi connectivity index (χ3v) is 8.28. The van der Waals surface area contributed by atoms with Crippen molar-refractivity contribution in [3.05, 3.63) is 113 Å². The molecule has 0 fully saturated rings. The van der Waals surface area contributed by atoms with Crippen molar-refractivity contribution in [2.24, 2.45) is 11.6 Å². The van der Waals surface area contributed by atoms with E-state index in [9.17, 15) is 4.39 Å². The van der Waals surface area contributed by atoms with Crippen molar-refractivity contribution in [3.63, 3.8) is 0 Å². The Balaban J connectivity index is 1.42. The Morgan fingerprint density at radius 2 is 1.91 bits per heavy atom. The van der Waals surface area contributed by atoms with E-state index in [4.69, 9.17) is 16.3 Å². The highest BCUT2D eigenvalue weighted by Crippen LogP contribution is 2.37. The molecule has 43 heavy (non-hydrogen) atoms. The Hall–Kier alpha value is -4.19. The quantitative estimate of drug-likeness (QED) is 0.0548. The molecule has 0 saturated heterocycles. The molecule has 0 radical (unpaired) electrons. The van der Waals surface area contributed by atoms with E-state index in [2.05, 4.69) is 20.4 Å². The third kappa shape index (κ3) is 6.90. The number of hydrazine groups is 1. The van der Waals surface area contributed by atoms with E-state index in [1.54, 1.807) is 48.4 Å². The van der Waals surface area contributed by atoms with Crippen LogP contribution in [-0.4, -0.2) is 26.5 Å². The number of rotatable bonds is 13. The average molecular weight is 607 g/mol. The number of aromatic nitrogens is 3. The molecule has 2 aromatic heterocycles. The van der Waals surface area contributed by atoms with E-state index < -0.39 is 11.6 Å². The zero-order valence-corrected chi connectivity index (χ0v) is 24.4. The van der Waals surface area contributed by atoms with Gasteiger partial charge in [0.15, 0.2) is 11.6 Å². The van der Waals surface area contributed by atoms with E-state index in [-0.39, 0.29) is 41.2 Å². The predicted molar refractivity (Wildman–Crippen MR) is 166 cm³/mol. The first kappa shape index (κ1) is 30.3. The Morgan fingerprint density at radius 3 is 2.70 bits per heavy atom. The van der Waals surface area contributed by atoms with Crippen LogP contribution in [0, 0.1) is 17.5 Å². The maximum absolute atomic E-state index is 15.1. The summed E-state index contributed by atoms with van der Waals surface area (Å²) in [7, 11) is 0. The Bertz CT molecular complexity index is 1730. The van der Waals surface area contributed by atoms with Crippen molar-refractivity contribution in [3.8, 4) is 22.9 Å². The number of aromatic amines is 2. The molecule has 0 aliphatic heterocycles. The molecule has 0 aliphatic carbocycles. The fourth-order valence-corrected chi connectivity index (χ4v) is 5.99. The molecular weight excluding hydrogens is 573 g/mol. The summed E-state index contributed by atoms with van der Waals surface area (Å²) in [5.74, 6) is 5.84. The Morgan fingerprint density at radius 1 is 1.07 bits per heavy atom. The van der Waals surface area contributed by atoms with Crippen LogP contribution in [0.5, 0.6) is 11.5 Å². The lowest BCUT2D eigenvalue weighted by Crippen LogP contribution is -2.21. The van der Waals surface area contributed by atoms with Crippen molar-refractivity contribution in [1.29, 1.82) is 0 Å². The topological polar surface area (TPSA) is 118 Å².